The number of hydrogen-bond acceptors (Lipinski definition) is 42. The Morgan fingerprint density at radius 3 is 0.917 bits per heavy atom. The SMILES string of the molecule is CC(=O)Oc1cc(OC(C)=O)nc(CC(=O)c2cc(C(=O)Nc3nc(OC(C)=O)cc(OC(C)=O)n3)cc(C(=O)Nc3nc(OC(C)=O)cc(OC(C)=O)n3)c2)n1.COc1ccc2nc(CC(=O)c3cc(C(=O)Nc4nc5ccc(OC)cc5s4)cc(C(=O)Nc4nc5ccc(OC)cc5s4)c3)sc2c1.Cc1cc(C)nc(NC(=O)c2cc(C(=O)Nc3nc(C)cc(C)n3)cc(-c3nnc(-c4ccccc4)o3)c2)n1. The van der Waals surface area contributed by atoms with Crippen LogP contribution < -0.4 is 74.5 Å². The highest BCUT2D eigenvalue weighted by atomic mass is 32.1. The van der Waals surface area contributed by atoms with Crippen LogP contribution in [0.25, 0.3) is 53.6 Å². The van der Waals surface area contributed by atoms with E-state index >= 15 is 0 Å². The van der Waals surface area contributed by atoms with Gasteiger partial charge in [-0.05, 0) is 161 Å². The summed E-state index contributed by atoms with van der Waals surface area (Å²) in [6.45, 7) is 13.6. The van der Waals surface area contributed by atoms with Gasteiger partial charge in [-0.25, -0.2) is 34.9 Å². The van der Waals surface area contributed by atoms with Crippen molar-refractivity contribution in [1.82, 2.24) is 75.0 Å². The summed E-state index contributed by atoms with van der Waals surface area (Å²) in [6, 6.07) is 44.4. The van der Waals surface area contributed by atoms with E-state index in [1.165, 1.54) is 58.3 Å². The number of thiazole rings is 3. The highest BCUT2D eigenvalue weighted by Gasteiger charge is 2.28. The van der Waals surface area contributed by atoms with Crippen LogP contribution in [0.2, 0.25) is 0 Å². The number of benzene rings is 7. The zero-order chi connectivity index (χ0) is 103. The van der Waals surface area contributed by atoms with Gasteiger partial charge in [0, 0.05) is 120 Å². The zero-order valence-corrected chi connectivity index (χ0v) is 80.3. The first-order valence-electron chi connectivity index (χ1n) is 42.4. The second-order valence-electron chi connectivity index (χ2n) is 30.5. The number of rotatable bonds is 29. The molecule has 16 rings (SSSR count). The van der Waals surface area contributed by atoms with Crippen molar-refractivity contribution < 1.29 is 114 Å². The summed E-state index contributed by atoms with van der Waals surface area (Å²) in [4.78, 5) is 232. The molecule has 9 aromatic heterocycles. The molecule has 0 radical (unpaired) electrons. The summed E-state index contributed by atoms with van der Waals surface area (Å²) in [5.41, 5.74) is 5.77. The van der Waals surface area contributed by atoms with E-state index in [-0.39, 0.29) is 92.1 Å². The van der Waals surface area contributed by atoms with Gasteiger partial charge >= 0.3 is 35.8 Å². The Morgan fingerprint density at radius 1 is 0.285 bits per heavy atom. The average Bonchev–Trinajstić information content (AvgIpc) is 1.71. The molecule has 45 nitrogen and oxygen atoms in total. The number of hydrogen-bond donors (Lipinski definition) is 6. The van der Waals surface area contributed by atoms with E-state index in [9.17, 15) is 67.1 Å². The lowest BCUT2D eigenvalue weighted by Gasteiger charge is -2.12. The maximum atomic E-state index is 13.7. The molecule has 728 valence electrons. The van der Waals surface area contributed by atoms with Crippen LogP contribution in [0.3, 0.4) is 0 Å². The highest BCUT2D eigenvalue weighted by Crippen LogP contribution is 2.36. The monoisotopic (exact) mass is 2000 g/mol. The third kappa shape index (κ3) is 27.4. The predicted molar refractivity (Wildman–Crippen MR) is 517 cm³/mol. The molecule has 144 heavy (non-hydrogen) atoms. The molecular weight excluding hydrogens is 1930 g/mol. The number of fused-ring (bicyclic) bond motifs is 3. The van der Waals surface area contributed by atoms with E-state index < -0.39 is 119 Å². The third-order valence-electron chi connectivity index (χ3n) is 19.1. The molecule has 48 heteroatoms. The van der Waals surface area contributed by atoms with E-state index in [2.05, 4.69) is 107 Å². The standard InChI is InChI=1S/C34H28N8O15.C34H25N5O6S3.C28H24N8O3/c1-14(43)52-25-11-26(53-15(2)44)36-24(35-25)10-23(49)20-7-21(31(50)41-33-37-27(54-16(3)45)12-28(38-33)55-17(4)46)9-22(8-20)32(51)42-34-39-29(56-18(5)47)13-30(40-34)57-19(6)48;1-43-20-4-7-23-27(13-20)46-30(35-23)16-26(40)17-10-18(31(41)38-33-36-24-8-5-21(44-2)14-28(24)47-33)12-19(11-17)32(42)39-34-37-25-9-6-22(45-3)15-29(25)48-34;1-15-10-16(2)30-27(29-15)33-23(37)20-12-21(24(38)34-28-31-17(3)11-18(4)32-28)14-22(13-20)26-36-35-25(39-26)19-8-6-5-7-9-19/h7-9,11-13H,10H2,1-6H3,(H,37,38,41,50)(H,39,40,42,51);4-15H,16H2,1-3H3,(H,36,38,41)(H,37,39,42);5-14H,1-4H3,(H,29,30,33,37)(H,31,32,34,38). The number of carbonyl (C=O) groups is 14. The molecule has 0 saturated carbocycles. The van der Waals surface area contributed by atoms with Crippen LogP contribution in [0.15, 0.2) is 174 Å². The Labute approximate surface area is 824 Å². The summed E-state index contributed by atoms with van der Waals surface area (Å²) < 4.78 is 54.0. The number of Topliss-reactive ketones (excluding diaryl/α,β-unsaturated/α-hetero) is 2. The van der Waals surface area contributed by atoms with Crippen LogP contribution in [0, 0.1) is 27.7 Å². The zero-order valence-electron chi connectivity index (χ0n) is 77.8. The summed E-state index contributed by atoms with van der Waals surface area (Å²) in [6.07, 6.45) is -0.693. The fraction of sp³-hybridized carbons (Fsp3) is 0.156. The molecule has 0 unspecified atom stereocenters. The smallest absolute Gasteiger partial charge is 0.309 e. The number of ether oxygens (including phenoxy) is 9. The van der Waals surface area contributed by atoms with Gasteiger partial charge in [-0.1, -0.05) is 40.9 Å². The number of aryl methyl sites for hydroxylation is 4. The van der Waals surface area contributed by atoms with Gasteiger partial charge in [0.05, 0.1) is 83.0 Å². The van der Waals surface area contributed by atoms with Crippen LogP contribution >= 0.6 is 34.0 Å². The van der Waals surface area contributed by atoms with Crippen molar-refractivity contribution in [3.8, 4) is 75.4 Å². The van der Waals surface area contributed by atoms with E-state index in [0.717, 1.165) is 103 Å². The number of amides is 6. The molecule has 0 bridgehead atoms. The molecule has 6 N–H and O–H groups in total. The normalized spacial score (nSPS) is 10.7. The predicted octanol–water partition coefficient (Wildman–Crippen LogP) is 13.7. The van der Waals surface area contributed by atoms with Crippen molar-refractivity contribution in [2.75, 3.05) is 53.2 Å². The van der Waals surface area contributed by atoms with Crippen molar-refractivity contribution in [1.29, 1.82) is 0 Å². The second-order valence-corrected chi connectivity index (χ2v) is 33.6. The van der Waals surface area contributed by atoms with Crippen molar-refractivity contribution in [3.63, 3.8) is 0 Å². The molecule has 6 amide bonds. The van der Waals surface area contributed by atoms with Gasteiger partial charge in [-0.2, -0.15) is 29.9 Å². The van der Waals surface area contributed by atoms with Crippen LogP contribution in [-0.4, -0.2) is 179 Å². The van der Waals surface area contributed by atoms with E-state index in [0.29, 0.717) is 77.8 Å². The highest BCUT2D eigenvalue weighted by molar-refractivity contribution is 7.22. The molecule has 0 saturated heterocycles. The molecule has 0 spiro atoms. The maximum absolute atomic E-state index is 13.7. The number of methoxy groups -OCH3 is 3. The third-order valence-corrected chi connectivity index (χ3v) is 21.9. The molecule has 0 atom stereocenters. The molecule has 0 aliphatic heterocycles. The number of aromatic nitrogens is 15. The topological polar surface area (TPSA) is 601 Å². The van der Waals surface area contributed by atoms with Gasteiger partial charge in [0.25, 0.3) is 35.4 Å². The summed E-state index contributed by atoms with van der Waals surface area (Å²) in [5.74, 6) is -11.1. The Bertz CT molecular complexity index is 7100. The first-order valence-corrected chi connectivity index (χ1v) is 44.8. The van der Waals surface area contributed by atoms with Gasteiger partial charge in [0.2, 0.25) is 70.9 Å². The minimum atomic E-state index is -1.05. The molecular formula is C96H77N21O24S3. The largest absolute Gasteiger partial charge is 0.497 e. The fourth-order valence-electron chi connectivity index (χ4n) is 13.2. The minimum Gasteiger partial charge on any atom is -0.497 e. The van der Waals surface area contributed by atoms with Gasteiger partial charge in [-0.15, -0.1) is 21.5 Å². The second kappa shape index (κ2) is 45.2. The first kappa shape index (κ1) is 101. The quantitative estimate of drug-likeness (QED) is 0.0187. The van der Waals surface area contributed by atoms with Gasteiger partial charge < -0.3 is 47.0 Å². The van der Waals surface area contributed by atoms with Crippen LogP contribution in [0.4, 0.5) is 34.1 Å². The molecule has 9 heterocycles. The van der Waals surface area contributed by atoms with E-state index in [4.69, 9.17) is 47.0 Å². The lowest BCUT2D eigenvalue weighted by molar-refractivity contribution is -0.133. The Balaban J connectivity index is 0.000000174. The Morgan fingerprint density at radius 2 is 0.576 bits per heavy atom. The van der Waals surface area contributed by atoms with Crippen LogP contribution in [0.5, 0.6) is 52.5 Å². The van der Waals surface area contributed by atoms with Crippen molar-refractivity contribution in [2.45, 2.75) is 82.1 Å². The summed E-state index contributed by atoms with van der Waals surface area (Å²) in [5, 5.41) is 25.2. The van der Waals surface area contributed by atoms with Gasteiger partial charge in [-0.3, -0.25) is 99.0 Å². The van der Waals surface area contributed by atoms with Crippen molar-refractivity contribution in [2.24, 2.45) is 0 Å². The molecule has 7 aromatic carbocycles. The number of anilines is 6. The Hall–Kier alpha value is -18.9. The molecule has 0 aliphatic carbocycles. The van der Waals surface area contributed by atoms with Gasteiger partial charge in [0.1, 0.15) is 28.1 Å². The first-order chi connectivity index (χ1) is 68.8. The molecule has 0 fully saturated rings. The summed E-state index contributed by atoms with van der Waals surface area (Å²) in [7, 11) is 4.75. The maximum Gasteiger partial charge on any atom is 0.309 e. The average molecular weight is 2000 g/mol. The number of carbonyl (C=O) groups excluding carboxylic acids is 14. The number of esters is 6. The molecule has 0 aliphatic rings. The lowest BCUT2D eigenvalue weighted by atomic mass is 10.00. The van der Waals surface area contributed by atoms with Gasteiger partial charge in [0.15, 0.2) is 21.8 Å². The fourth-order valence-corrected chi connectivity index (χ4v) is 16.0. The number of ketones is 2. The Kier molecular flexibility index (Phi) is 31.7. The van der Waals surface area contributed by atoms with E-state index in [1.54, 1.807) is 69.9 Å². The van der Waals surface area contributed by atoms with Crippen LogP contribution in [-0.2, 0) is 41.6 Å². The van der Waals surface area contributed by atoms with Crippen molar-refractivity contribution in [3.05, 3.63) is 248 Å². The van der Waals surface area contributed by atoms with E-state index in [1.807, 2.05) is 88.4 Å². The minimum absolute atomic E-state index is 0.0206. The number of nitrogens with one attached hydrogen (secondary N) is 6. The van der Waals surface area contributed by atoms with Crippen LogP contribution in [0.1, 0.15) is 158 Å². The summed E-state index contributed by atoms with van der Waals surface area (Å²) >= 11 is 3.95. The molecule has 16 aromatic rings. The number of nitrogens with zero attached hydrogens (tertiary/aromatic N) is 15. The lowest BCUT2D eigenvalue weighted by Crippen LogP contribution is -2.20. The van der Waals surface area contributed by atoms with Crippen molar-refractivity contribution >= 4 is 182 Å².